The standard InChI is InChI=1S/C16H14N2OS2/c1-10(19)11(2)20-15-13-8-14(12-6-4-3-5-7-12)21-16(13)18-9-17-15/h3-9,11H,1-2H3. The van der Waals surface area contributed by atoms with Gasteiger partial charge in [0, 0.05) is 10.3 Å². The number of nitrogens with zero attached hydrogens (tertiary/aromatic N) is 2. The van der Waals surface area contributed by atoms with Crippen LogP contribution in [-0.4, -0.2) is 21.0 Å². The molecule has 0 saturated carbocycles. The lowest BCUT2D eigenvalue weighted by molar-refractivity contribution is -0.116. The summed E-state index contributed by atoms with van der Waals surface area (Å²) in [5.74, 6) is 0.158. The second-order valence-electron chi connectivity index (χ2n) is 4.75. The van der Waals surface area contributed by atoms with E-state index >= 15 is 0 Å². The van der Waals surface area contributed by atoms with E-state index in [2.05, 4.69) is 28.2 Å². The topological polar surface area (TPSA) is 42.9 Å². The van der Waals surface area contributed by atoms with Crippen LogP contribution in [0.5, 0.6) is 0 Å². The van der Waals surface area contributed by atoms with E-state index in [-0.39, 0.29) is 11.0 Å². The highest BCUT2D eigenvalue weighted by atomic mass is 32.2. The molecule has 1 atom stereocenters. The summed E-state index contributed by atoms with van der Waals surface area (Å²) in [4.78, 5) is 22.3. The highest BCUT2D eigenvalue weighted by Gasteiger charge is 2.15. The second kappa shape index (κ2) is 5.95. The monoisotopic (exact) mass is 314 g/mol. The second-order valence-corrected chi connectivity index (χ2v) is 7.11. The number of ketones is 1. The van der Waals surface area contributed by atoms with Crippen LogP contribution in [0, 0.1) is 0 Å². The third-order valence-electron chi connectivity index (χ3n) is 3.21. The van der Waals surface area contributed by atoms with E-state index in [4.69, 9.17) is 0 Å². The Kier molecular flexibility index (Phi) is 4.03. The van der Waals surface area contributed by atoms with Gasteiger partial charge >= 0.3 is 0 Å². The zero-order valence-corrected chi connectivity index (χ0v) is 13.4. The minimum Gasteiger partial charge on any atom is -0.299 e. The maximum absolute atomic E-state index is 11.4. The maximum Gasteiger partial charge on any atom is 0.142 e. The molecule has 106 valence electrons. The number of Topliss-reactive ketones (excluding diaryl/α,β-unsaturated/α-hetero) is 1. The van der Waals surface area contributed by atoms with Gasteiger partial charge < -0.3 is 0 Å². The quantitative estimate of drug-likeness (QED) is 0.528. The summed E-state index contributed by atoms with van der Waals surface area (Å²) in [7, 11) is 0. The lowest BCUT2D eigenvalue weighted by atomic mass is 10.2. The Bertz CT molecular complexity index is 783. The van der Waals surface area contributed by atoms with Crippen LogP contribution >= 0.6 is 23.1 Å². The van der Waals surface area contributed by atoms with Gasteiger partial charge in [0.15, 0.2) is 0 Å². The fourth-order valence-electron chi connectivity index (χ4n) is 1.92. The van der Waals surface area contributed by atoms with Crippen molar-refractivity contribution in [1.82, 2.24) is 9.97 Å². The van der Waals surface area contributed by atoms with E-state index in [9.17, 15) is 4.79 Å². The van der Waals surface area contributed by atoms with Crippen molar-refractivity contribution in [2.75, 3.05) is 0 Å². The molecule has 0 aliphatic heterocycles. The lowest BCUT2D eigenvalue weighted by Gasteiger charge is -2.06. The normalized spacial score (nSPS) is 12.5. The predicted octanol–water partition coefficient (Wildman–Crippen LogP) is 4.43. The molecular weight excluding hydrogens is 300 g/mol. The Hall–Kier alpha value is -1.72. The molecule has 0 amide bonds. The van der Waals surface area contributed by atoms with Gasteiger partial charge in [-0.15, -0.1) is 11.3 Å². The van der Waals surface area contributed by atoms with Crippen molar-refractivity contribution in [3.8, 4) is 10.4 Å². The van der Waals surface area contributed by atoms with Crippen molar-refractivity contribution in [3.63, 3.8) is 0 Å². The van der Waals surface area contributed by atoms with Gasteiger partial charge in [-0.05, 0) is 25.5 Å². The number of rotatable bonds is 4. The van der Waals surface area contributed by atoms with Crippen molar-refractivity contribution in [1.29, 1.82) is 0 Å². The number of benzene rings is 1. The van der Waals surface area contributed by atoms with Crippen LogP contribution in [0.25, 0.3) is 20.7 Å². The zero-order valence-electron chi connectivity index (χ0n) is 11.7. The summed E-state index contributed by atoms with van der Waals surface area (Å²) in [6.07, 6.45) is 1.57. The summed E-state index contributed by atoms with van der Waals surface area (Å²) < 4.78 is 0. The summed E-state index contributed by atoms with van der Waals surface area (Å²) >= 11 is 3.15. The van der Waals surface area contributed by atoms with E-state index in [0.29, 0.717) is 0 Å². The molecule has 1 unspecified atom stereocenters. The largest absolute Gasteiger partial charge is 0.299 e. The predicted molar refractivity (Wildman–Crippen MR) is 88.9 cm³/mol. The summed E-state index contributed by atoms with van der Waals surface area (Å²) in [5, 5.41) is 1.81. The third kappa shape index (κ3) is 2.99. The molecule has 2 aromatic heterocycles. The zero-order chi connectivity index (χ0) is 14.8. The number of thioether (sulfide) groups is 1. The van der Waals surface area contributed by atoms with Crippen LogP contribution in [0.3, 0.4) is 0 Å². The molecule has 0 bridgehead atoms. The van der Waals surface area contributed by atoms with Gasteiger partial charge in [-0.25, -0.2) is 9.97 Å². The molecule has 21 heavy (non-hydrogen) atoms. The molecule has 0 spiro atoms. The van der Waals surface area contributed by atoms with Crippen LogP contribution in [0.1, 0.15) is 13.8 Å². The molecule has 0 radical (unpaired) electrons. The van der Waals surface area contributed by atoms with Crippen molar-refractivity contribution in [2.24, 2.45) is 0 Å². The van der Waals surface area contributed by atoms with Gasteiger partial charge in [0.25, 0.3) is 0 Å². The van der Waals surface area contributed by atoms with E-state index in [1.165, 1.54) is 22.2 Å². The van der Waals surface area contributed by atoms with Crippen LogP contribution in [0.15, 0.2) is 47.8 Å². The molecule has 0 aliphatic rings. The number of hydrogen-bond acceptors (Lipinski definition) is 5. The highest BCUT2D eigenvalue weighted by Crippen LogP contribution is 2.37. The Morgan fingerprint density at radius 1 is 1.24 bits per heavy atom. The lowest BCUT2D eigenvalue weighted by Crippen LogP contribution is -2.08. The average Bonchev–Trinajstić information content (AvgIpc) is 2.93. The molecule has 5 heteroatoms. The molecule has 0 aliphatic carbocycles. The first-order valence-corrected chi connectivity index (χ1v) is 8.32. The van der Waals surface area contributed by atoms with E-state index in [1.807, 2.05) is 25.1 Å². The van der Waals surface area contributed by atoms with Crippen LogP contribution in [0.2, 0.25) is 0 Å². The summed E-state index contributed by atoms with van der Waals surface area (Å²) in [6.45, 7) is 3.52. The van der Waals surface area contributed by atoms with Gasteiger partial charge in [-0.1, -0.05) is 42.1 Å². The van der Waals surface area contributed by atoms with Crippen molar-refractivity contribution in [2.45, 2.75) is 24.1 Å². The Morgan fingerprint density at radius 2 is 2.00 bits per heavy atom. The smallest absolute Gasteiger partial charge is 0.142 e. The van der Waals surface area contributed by atoms with Gasteiger partial charge in [-0.3, -0.25) is 4.79 Å². The first-order valence-electron chi connectivity index (χ1n) is 6.62. The minimum absolute atomic E-state index is 0.0943. The number of carbonyl (C=O) groups is 1. The van der Waals surface area contributed by atoms with Gasteiger partial charge in [0.1, 0.15) is 22.0 Å². The third-order valence-corrected chi connectivity index (χ3v) is 5.54. The number of carbonyl (C=O) groups excluding carboxylic acids is 1. The molecule has 0 N–H and O–H groups in total. The molecule has 3 rings (SSSR count). The first kappa shape index (κ1) is 14.2. The van der Waals surface area contributed by atoms with E-state index in [1.54, 1.807) is 24.6 Å². The van der Waals surface area contributed by atoms with Gasteiger partial charge in [0.2, 0.25) is 0 Å². The Morgan fingerprint density at radius 3 is 2.71 bits per heavy atom. The Balaban J connectivity index is 2.04. The first-order chi connectivity index (χ1) is 10.1. The SMILES string of the molecule is CC(=O)C(C)Sc1ncnc2sc(-c3ccccc3)cc12. The van der Waals surface area contributed by atoms with Crippen molar-refractivity contribution >= 4 is 39.1 Å². The van der Waals surface area contributed by atoms with Crippen LogP contribution < -0.4 is 0 Å². The molecule has 3 aromatic rings. The number of fused-ring (bicyclic) bond motifs is 1. The number of aromatic nitrogens is 2. The van der Waals surface area contributed by atoms with E-state index in [0.717, 1.165) is 15.2 Å². The molecule has 0 fully saturated rings. The minimum atomic E-state index is -0.0943. The molecular formula is C16H14N2OS2. The number of thiophene rings is 1. The number of hydrogen-bond donors (Lipinski definition) is 0. The van der Waals surface area contributed by atoms with Crippen molar-refractivity contribution in [3.05, 3.63) is 42.7 Å². The maximum atomic E-state index is 11.4. The fraction of sp³-hybridized carbons (Fsp3) is 0.188. The molecule has 0 saturated heterocycles. The molecule has 2 heterocycles. The van der Waals surface area contributed by atoms with Gasteiger partial charge in [-0.2, -0.15) is 0 Å². The highest BCUT2D eigenvalue weighted by molar-refractivity contribution is 8.00. The Labute approximate surface area is 131 Å². The summed E-state index contributed by atoms with van der Waals surface area (Å²) in [5.41, 5.74) is 1.18. The van der Waals surface area contributed by atoms with Crippen LogP contribution in [0.4, 0.5) is 0 Å². The van der Waals surface area contributed by atoms with E-state index < -0.39 is 0 Å². The molecule has 3 nitrogen and oxygen atoms in total. The summed E-state index contributed by atoms with van der Waals surface area (Å²) in [6, 6.07) is 12.3. The van der Waals surface area contributed by atoms with Gasteiger partial charge in [0.05, 0.1) is 5.25 Å². The molecule has 1 aromatic carbocycles. The van der Waals surface area contributed by atoms with Crippen molar-refractivity contribution < 1.29 is 4.79 Å². The van der Waals surface area contributed by atoms with Crippen LogP contribution in [-0.2, 0) is 4.79 Å². The fourth-order valence-corrected chi connectivity index (χ4v) is 3.88. The average molecular weight is 314 g/mol.